The summed E-state index contributed by atoms with van der Waals surface area (Å²) in [5.41, 5.74) is 5.82. The number of hydrogen-bond donors (Lipinski definition) is 1. The zero-order valence-electron chi connectivity index (χ0n) is 10.6. The summed E-state index contributed by atoms with van der Waals surface area (Å²) in [7, 11) is 0. The van der Waals surface area contributed by atoms with Crippen LogP contribution in [0.1, 0.15) is 33.1 Å². The van der Waals surface area contributed by atoms with Gasteiger partial charge in [0.25, 0.3) is 0 Å². The Bertz CT molecular complexity index is 220. The van der Waals surface area contributed by atoms with Gasteiger partial charge in [0.05, 0.1) is 6.54 Å². The molecule has 0 aliphatic carbocycles. The molecule has 0 radical (unpaired) electrons. The summed E-state index contributed by atoms with van der Waals surface area (Å²) in [6.45, 7) is 8.30. The van der Waals surface area contributed by atoms with Crippen LogP contribution in [-0.2, 0) is 4.79 Å². The van der Waals surface area contributed by atoms with E-state index in [9.17, 15) is 4.79 Å². The van der Waals surface area contributed by atoms with E-state index in [-0.39, 0.29) is 11.9 Å². The first-order chi connectivity index (χ1) is 7.67. The van der Waals surface area contributed by atoms with Crippen LogP contribution in [0.4, 0.5) is 0 Å². The molecule has 0 aromatic heterocycles. The van der Waals surface area contributed by atoms with E-state index < -0.39 is 0 Å². The maximum absolute atomic E-state index is 12.0. The maximum atomic E-state index is 12.0. The lowest BCUT2D eigenvalue weighted by Crippen LogP contribution is -2.40. The van der Waals surface area contributed by atoms with E-state index in [2.05, 4.69) is 11.8 Å². The molecular weight excluding hydrogens is 202 g/mol. The fourth-order valence-corrected chi connectivity index (χ4v) is 2.11. The molecule has 0 aromatic carbocycles. The van der Waals surface area contributed by atoms with E-state index in [0.717, 1.165) is 45.4 Å². The van der Waals surface area contributed by atoms with Crippen LogP contribution >= 0.6 is 0 Å². The predicted molar refractivity (Wildman–Crippen MR) is 66.2 cm³/mol. The third-order valence-electron chi connectivity index (χ3n) is 3.18. The third kappa shape index (κ3) is 4.10. The van der Waals surface area contributed by atoms with Crippen LogP contribution in [0, 0.1) is 0 Å². The van der Waals surface area contributed by atoms with Gasteiger partial charge in [-0.2, -0.15) is 0 Å². The molecule has 94 valence electrons. The Morgan fingerprint density at radius 1 is 1.50 bits per heavy atom. The summed E-state index contributed by atoms with van der Waals surface area (Å²) in [4.78, 5) is 16.1. The quantitative estimate of drug-likeness (QED) is 0.725. The molecule has 0 aromatic rings. The van der Waals surface area contributed by atoms with Crippen molar-refractivity contribution in [2.75, 3.05) is 32.7 Å². The van der Waals surface area contributed by atoms with Crippen molar-refractivity contribution in [3.8, 4) is 0 Å². The number of likely N-dealkylation sites (N-methyl/N-ethyl adjacent to an activating group) is 1. The normalized spacial score (nSPS) is 21.3. The molecular formula is C12H25N3O. The van der Waals surface area contributed by atoms with Crippen LogP contribution in [0.3, 0.4) is 0 Å². The van der Waals surface area contributed by atoms with Crippen molar-refractivity contribution in [3.63, 3.8) is 0 Å². The summed E-state index contributed by atoms with van der Waals surface area (Å²) in [6, 6.07) is 0.263. The van der Waals surface area contributed by atoms with E-state index >= 15 is 0 Å². The molecule has 1 amide bonds. The van der Waals surface area contributed by atoms with Crippen LogP contribution in [-0.4, -0.2) is 54.5 Å². The lowest BCUT2D eigenvalue weighted by molar-refractivity contribution is -0.132. The van der Waals surface area contributed by atoms with Gasteiger partial charge in [0, 0.05) is 32.2 Å². The highest BCUT2D eigenvalue weighted by molar-refractivity contribution is 5.78. The molecule has 1 heterocycles. The molecule has 0 unspecified atom stereocenters. The second-order valence-electron chi connectivity index (χ2n) is 4.61. The Hall–Kier alpha value is -0.610. The van der Waals surface area contributed by atoms with Crippen molar-refractivity contribution in [3.05, 3.63) is 0 Å². The van der Waals surface area contributed by atoms with Crippen LogP contribution in [0.2, 0.25) is 0 Å². The number of hydrogen-bond acceptors (Lipinski definition) is 3. The number of rotatable bonds is 6. The minimum atomic E-state index is 0.255. The molecule has 16 heavy (non-hydrogen) atoms. The van der Waals surface area contributed by atoms with Crippen LogP contribution in [0.5, 0.6) is 0 Å². The van der Waals surface area contributed by atoms with Crippen LogP contribution in [0.25, 0.3) is 0 Å². The van der Waals surface area contributed by atoms with Crippen molar-refractivity contribution in [1.29, 1.82) is 0 Å². The smallest absolute Gasteiger partial charge is 0.236 e. The second kappa shape index (κ2) is 6.86. The van der Waals surface area contributed by atoms with Crippen molar-refractivity contribution >= 4 is 5.91 Å². The lowest BCUT2D eigenvalue weighted by atomic mass is 10.3. The topological polar surface area (TPSA) is 49.6 Å². The fourth-order valence-electron chi connectivity index (χ4n) is 2.11. The number of nitrogens with zero attached hydrogens (tertiary/aromatic N) is 2. The standard InChI is InChI=1S/C12H25N3O/c1-3-5-7-15(4-2)12(16)10-14-8-6-11(13)9-14/h11H,3-10,13H2,1-2H3/t11-/m1/s1. The Morgan fingerprint density at radius 3 is 2.75 bits per heavy atom. The number of unbranched alkanes of at least 4 members (excludes halogenated alkanes) is 1. The predicted octanol–water partition coefficient (Wildman–Crippen LogP) is 0.668. The zero-order chi connectivity index (χ0) is 12.0. The summed E-state index contributed by atoms with van der Waals surface area (Å²) < 4.78 is 0. The van der Waals surface area contributed by atoms with Gasteiger partial charge < -0.3 is 10.6 Å². The van der Waals surface area contributed by atoms with Gasteiger partial charge in [-0.3, -0.25) is 9.69 Å². The lowest BCUT2D eigenvalue weighted by Gasteiger charge is -2.23. The monoisotopic (exact) mass is 227 g/mol. The summed E-state index contributed by atoms with van der Waals surface area (Å²) in [6.07, 6.45) is 3.26. The first-order valence-electron chi connectivity index (χ1n) is 6.43. The number of carbonyl (C=O) groups excluding carboxylic acids is 1. The fraction of sp³-hybridized carbons (Fsp3) is 0.917. The molecule has 1 fully saturated rings. The highest BCUT2D eigenvalue weighted by atomic mass is 16.2. The Labute approximate surface area is 98.8 Å². The van der Waals surface area contributed by atoms with Crippen molar-refractivity contribution in [2.45, 2.75) is 39.2 Å². The maximum Gasteiger partial charge on any atom is 0.236 e. The van der Waals surface area contributed by atoms with Crippen molar-refractivity contribution in [2.24, 2.45) is 5.73 Å². The molecule has 0 saturated carbocycles. The van der Waals surface area contributed by atoms with Gasteiger partial charge in [-0.15, -0.1) is 0 Å². The van der Waals surface area contributed by atoms with E-state index in [4.69, 9.17) is 5.73 Å². The minimum Gasteiger partial charge on any atom is -0.342 e. The van der Waals surface area contributed by atoms with E-state index in [1.54, 1.807) is 0 Å². The van der Waals surface area contributed by atoms with Gasteiger partial charge in [-0.1, -0.05) is 13.3 Å². The average Bonchev–Trinajstić information content (AvgIpc) is 2.65. The van der Waals surface area contributed by atoms with Gasteiger partial charge in [0.2, 0.25) is 5.91 Å². The summed E-state index contributed by atoms with van der Waals surface area (Å²) in [5, 5.41) is 0. The average molecular weight is 227 g/mol. The number of amides is 1. The van der Waals surface area contributed by atoms with E-state index in [0.29, 0.717) is 6.54 Å². The molecule has 1 rings (SSSR count). The van der Waals surface area contributed by atoms with E-state index in [1.807, 2.05) is 11.8 Å². The van der Waals surface area contributed by atoms with Gasteiger partial charge >= 0.3 is 0 Å². The molecule has 1 atom stereocenters. The Balaban J connectivity index is 2.31. The molecule has 2 N–H and O–H groups in total. The number of nitrogens with two attached hydrogens (primary N) is 1. The van der Waals surface area contributed by atoms with Crippen LogP contribution in [0.15, 0.2) is 0 Å². The first kappa shape index (κ1) is 13.5. The Kier molecular flexibility index (Phi) is 5.77. The van der Waals surface area contributed by atoms with Gasteiger partial charge in [0.15, 0.2) is 0 Å². The zero-order valence-corrected chi connectivity index (χ0v) is 10.6. The van der Waals surface area contributed by atoms with Gasteiger partial charge in [0.1, 0.15) is 0 Å². The minimum absolute atomic E-state index is 0.255. The third-order valence-corrected chi connectivity index (χ3v) is 3.18. The van der Waals surface area contributed by atoms with E-state index in [1.165, 1.54) is 0 Å². The largest absolute Gasteiger partial charge is 0.342 e. The molecule has 4 heteroatoms. The van der Waals surface area contributed by atoms with Gasteiger partial charge in [-0.05, 0) is 19.8 Å². The summed E-state index contributed by atoms with van der Waals surface area (Å²) in [5.74, 6) is 0.255. The summed E-state index contributed by atoms with van der Waals surface area (Å²) >= 11 is 0. The van der Waals surface area contributed by atoms with Gasteiger partial charge in [-0.25, -0.2) is 0 Å². The second-order valence-corrected chi connectivity index (χ2v) is 4.61. The number of carbonyl (C=O) groups is 1. The van der Waals surface area contributed by atoms with Crippen molar-refractivity contribution < 1.29 is 4.79 Å². The molecule has 4 nitrogen and oxygen atoms in total. The highest BCUT2D eigenvalue weighted by Gasteiger charge is 2.22. The highest BCUT2D eigenvalue weighted by Crippen LogP contribution is 2.07. The van der Waals surface area contributed by atoms with Crippen LogP contribution < -0.4 is 5.73 Å². The van der Waals surface area contributed by atoms with Crippen molar-refractivity contribution in [1.82, 2.24) is 9.80 Å². The SMILES string of the molecule is CCCCN(CC)C(=O)CN1CC[C@@H](N)C1. The molecule has 1 aliphatic rings. The molecule has 0 bridgehead atoms. The molecule has 0 spiro atoms. The first-order valence-corrected chi connectivity index (χ1v) is 6.43. The number of likely N-dealkylation sites (tertiary alicyclic amines) is 1. The molecule has 1 saturated heterocycles. The Morgan fingerprint density at radius 2 is 2.25 bits per heavy atom. The molecule has 1 aliphatic heterocycles.